The zero-order valence-electron chi connectivity index (χ0n) is 17.4. The van der Waals surface area contributed by atoms with E-state index in [1.807, 2.05) is 5.38 Å². The van der Waals surface area contributed by atoms with Crippen LogP contribution in [0.3, 0.4) is 0 Å². The first-order valence-electron chi connectivity index (χ1n) is 10.1. The number of anilines is 1. The first-order valence-corrected chi connectivity index (χ1v) is 12.0. The van der Waals surface area contributed by atoms with Crippen molar-refractivity contribution in [2.75, 3.05) is 18.9 Å². The Morgan fingerprint density at radius 3 is 2.82 bits per heavy atom. The van der Waals surface area contributed by atoms with Gasteiger partial charge >= 0.3 is 5.97 Å². The van der Waals surface area contributed by atoms with Gasteiger partial charge in [0.1, 0.15) is 21.9 Å². The average Bonchev–Trinajstić information content (AvgIpc) is 3.32. The Labute approximate surface area is 198 Å². The lowest BCUT2D eigenvalue weighted by molar-refractivity contribution is 0.0697. The maximum absolute atomic E-state index is 11.0. The van der Waals surface area contributed by atoms with E-state index in [9.17, 15) is 10.1 Å². The van der Waals surface area contributed by atoms with Crippen molar-refractivity contribution in [3.63, 3.8) is 0 Å². The number of nitrogen functional groups attached to an aromatic ring is 1. The number of nitriles is 1. The highest BCUT2D eigenvalue weighted by atomic mass is 32.2. The maximum Gasteiger partial charge on any atom is 0.335 e. The van der Waals surface area contributed by atoms with Crippen LogP contribution in [0.15, 0.2) is 34.7 Å². The van der Waals surface area contributed by atoms with Gasteiger partial charge in [-0.1, -0.05) is 23.9 Å². The number of hydrogen-bond acceptors (Lipinski definition) is 8. The number of carboxylic acids is 1. The minimum atomic E-state index is -0.971. The number of rotatable bonds is 6. The van der Waals surface area contributed by atoms with Crippen molar-refractivity contribution in [2.45, 2.75) is 29.5 Å². The van der Waals surface area contributed by atoms with E-state index in [2.05, 4.69) is 20.9 Å². The number of carbonyl (C=O) groups is 1. The van der Waals surface area contributed by atoms with E-state index in [4.69, 9.17) is 22.1 Å². The standard InChI is InChI=1S/C23H19N5O3S2/c1-26-19-18(15-3-2-8-31-10-15)17(9-24)22(28-20(19)25)33-12-16-11-32-21(27-16)13-4-6-14(7-5-13)23(29)30/h4-7,11,15H,2-3,8,10,12H2,(H2,25,28)(H,29,30). The summed E-state index contributed by atoms with van der Waals surface area (Å²) < 4.78 is 5.59. The summed E-state index contributed by atoms with van der Waals surface area (Å²) in [4.78, 5) is 23.6. The molecule has 1 aliphatic heterocycles. The average molecular weight is 478 g/mol. The predicted octanol–water partition coefficient (Wildman–Crippen LogP) is 5.09. The van der Waals surface area contributed by atoms with Gasteiger partial charge in [0, 0.05) is 23.3 Å². The first kappa shape index (κ1) is 22.7. The number of nitrogens with two attached hydrogens (primary N) is 1. The molecule has 10 heteroatoms. The second-order valence-electron chi connectivity index (χ2n) is 7.39. The molecule has 1 atom stereocenters. The van der Waals surface area contributed by atoms with E-state index in [1.165, 1.54) is 23.1 Å². The van der Waals surface area contributed by atoms with Crippen LogP contribution in [0.25, 0.3) is 15.4 Å². The highest BCUT2D eigenvalue weighted by molar-refractivity contribution is 7.98. The molecule has 0 amide bonds. The molecule has 1 saturated heterocycles. The van der Waals surface area contributed by atoms with Gasteiger partial charge in [0.15, 0.2) is 0 Å². The van der Waals surface area contributed by atoms with Gasteiger partial charge < -0.3 is 15.6 Å². The summed E-state index contributed by atoms with van der Waals surface area (Å²) in [7, 11) is 0. The Hall–Kier alpha value is -3.44. The second kappa shape index (κ2) is 10.0. The van der Waals surface area contributed by atoms with Gasteiger partial charge in [0.2, 0.25) is 5.69 Å². The second-order valence-corrected chi connectivity index (χ2v) is 9.21. The van der Waals surface area contributed by atoms with E-state index >= 15 is 0 Å². The van der Waals surface area contributed by atoms with E-state index in [0.717, 1.165) is 29.1 Å². The quantitative estimate of drug-likeness (QED) is 0.371. The topological polar surface area (TPSA) is 126 Å². The first-order chi connectivity index (χ1) is 16.0. The van der Waals surface area contributed by atoms with Crippen LogP contribution in [-0.4, -0.2) is 34.3 Å². The van der Waals surface area contributed by atoms with Gasteiger partial charge in [-0.05, 0) is 36.5 Å². The molecule has 3 heterocycles. The van der Waals surface area contributed by atoms with Crippen molar-refractivity contribution < 1.29 is 14.6 Å². The number of ether oxygens (including phenoxy) is 1. The zero-order valence-corrected chi connectivity index (χ0v) is 19.1. The molecule has 2 aromatic heterocycles. The SMILES string of the molecule is [C-]#[N+]c1c(N)nc(SCc2csc(-c3ccc(C(=O)O)cc3)n2)c(C#N)c1C1CCCOC1. The predicted molar refractivity (Wildman–Crippen MR) is 126 cm³/mol. The third kappa shape index (κ3) is 4.83. The van der Waals surface area contributed by atoms with Crippen molar-refractivity contribution in [1.29, 1.82) is 5.26 Å². The summed E-state index contributed by atoms with van der Waals surface area (Å²) >= 11 is 2.82. The molecule has 1 fully saturated rings. The van der Waals surface area contributed by atoms with Crippen LogP contribution in [0.4, 0.5) is 11.5 Å². The number of carboxylic acid groups (broad SMARTS) is 1. The lowest BCUT2D eigenvalue weighted by Crippen LogP contribution is -2.18. The number of thiazole rings is 1. The van der Waals surface area contributed by atoms with Gasteiger partial charge in [-0.3, -0.25) is 0 Å². The van der Waals surface area contributed by atoms with Gasteiger partial charge in [-0.25, -0.2) is 19.6 Å². The van der Waals surface area contributed by atoms with Crippen molar-refractivity contribution in [3.05, 3.63) is 63.4 Å². The van der Waals surface area contributed by atoms with Crippen LogP contribution in [-0.2, 0) is 10.5 Å². The molecule has 0 aliphatic carbocycles. The zero-order chi connectivity index (χ0) is 23.4. The summed E-state index contributed by atoms with van der Waals surface area (Å²) in [5.74, 6) is -0.421. The number of pyridine rings is 1. The van der Waals surface area contributed by atoms with E-state index in [0.29, 0.717) is 35.1 Å². The fraction of sp³-hybridized carbons (Fsp3) is 0.261. The molecule has 8 nitrogen and oxygen atoms in total. The Balaban J connectivity index is 1.58. The Kier molecular flexibility index (Phi) is 6.90. The number of thioether (sulfide) groups is 1. The van der Waals surface area contributed by atoms with E-state index in [1.54, 1.807) is 24.3 Å². The van der Waals surface area contributed by atoms with Crippen LogP contribution in [0.5, 0.6) is 0 Å². The minimum Gasteiger partial charge on any atom is -0.478 e. The van der Waals surface area contributed by atoms with Crippen molar-refractivity contribution >= 4 is 40.6 Å². The molecular formula is C23H19N5O3S2. The molecule has 33 heavy (non-hydrogen) atoms. The van der Waals surface area contributed by atoms with Crippen LogP contribution in [0.2, 0.25) is 0 Å². The van der Waals surface area contributed by atoms with E-state index in [-0.39, 0.29) is 23.0 Å². The molecule has 3 N–H and O–H groups in total. The van der Waals surface area contributed by atoms with Crippen molar-refractivity contribution in [2.24, 2.45) is 0 Å². The number of nitrogens with zero attached hydrogens (tertiary/aromatic N) is 4. The van der Waals surface area contributed by atoms with Gasteiger partial charge in [-0.2, -0.15) is 5.26 Å². The Morgan fingerprint density at radius 2 is 2.18 bits per heavy atom. The summed E-state index contributed by atoms with van der Waals surface area (Å²) in [5, 5.41) is 22.1. The third-order valence-corrected chi connectivity index (χ3v) is 7.23. The number of aromatic nitrogens is 2. The third-order valence-electron chi connectivity index (χ3n) is 5.28. The minimum absolute atomic E-state index is 0.0539. The molecule has 3 aromatic rings. The number of aromatic carboxylic acids is 1. The number of benzene rings is 1. The van der Waals surface area contributed by atoms with Gasteiger partial charge in [0.25, 0.3) is 0 Å². The fourth-order valence-electron chi connectivity index (χ4n) is 3.69. The molecule has 1 unspecified atom stereocenters. The fourth-order valence-corrected chi connectivity index (χ4v) is 5.52. The Morgan fingerprint density at radius 1 is 1.39 bits per heavy atom. The van der Waals surface area contributed by atoms with Crippen LogP contribution >= 0.6 is 23.1 Å². The lowest BCUT2D eigenvalue weighted by Gasteiger charge is -2.25. The highest BCUT2D eigenvalue weighted by Crippen LogP contribution is 2.42. The summed E-state index contributed by atoms with van der Waals surface area (Å²) in [6.45, 7) is 8.69. The van der Waals surface area contributed by atoms with E-state index < -0.39 is 5.97 Å². The smallest absolute Gasteiger partial charge is 0.335 e. The molecule has 0 spiro atoms. The molecule has 0 saturated carbocycles. The summed E-state index contributed by atoms with van der Waals surface area (Å²) in [5.41, 5.74) is 9.23. The number of hydrogen-bond donors (Lipinski definition) is 2. The Bertz CT molecular complexity index is 1270. The maximum atomic E-state index is 11.0. The summed E-state index contributed by atoms with van der Waals surface area (Å²) in [6.07, 6.45) is 1.70. The lowest BCUT2D eigenvalue weighted by atomic mass is 9.89. The van der Waals surface area contributed by atoms with Crippen molar-refractivity contribution in [1.82, 2.24) is 9.97 Å². The van der Waals surface area contributed by atoms with Crippen molar-refractivity contribution in [3.8, 4) is 16.6 Å². The summed E-state index contributed by atoms with van der Waals surface area (Å²) in [6, 6.07) is 8.81. The van der Waals surface area contributed by atoms with Gasteiger partial charge in [-0.15, -0.1) is 11.3 Å². The molecule has 0 bridgehead atoms. The van der Waals surface area contributed by atoms with Crippen LogP contribution in [0, 0.1) is 17.9 Å². The normalized spacial score (nSPS) is 15.5. The largest absolute Gasteiger partial charge is 0.478 e. The molecule has 4 rings (SSSR count). The van der Waals surface area contributed by atoms with Crippen LogP contribution < -0.4 is 5.73 Å². The van der Waals surface area contributed by atoms with Crippen LogP contribution in [0.1, 0.15) is 45.9 Å². The molecule has 0 radical (unpaired) electrons. The highest BCUT2D eigenvalue weighted by Gasteiger charge is 2.27. The molecular weight excluding hydrogens is 458 g/mol. The monoisotopic (exact) mass is 477 g/mol. The molecule has 1 aliphatic rings. The molecule has 166 valence electrons. The molecule has 1 aromatic carbocycles. The van der Waals surface area contributed by atoms with Gasteiger partial charge in [0.05, 0.1) is 30.0 Å².